The van der Waals surface area contributed by atoms with Gasteiger partial charge in [-0.05, 0) is 72.7 Å². The van der Waals surface area contributed by atoms with Crippen molar-refractivity contribution in [3.63, 3.8) is 0 Å². The number of hydrogen-bond donors (Lipinski definition) is 2. The average molecular weight is 557 g/mol. The van der Waals surface area contributed by atoms with Crippen molar-refractivity contribution >= 4 is 62.9 Å². The first-order valence-electron chi connectivity index (χ1n) is 12.3. The molecule has 3 aromatic rings. The lowest BCUT2D eigenvalue weighted by Gasteiger charge is -2.33. The first-order valence-corrected chi connectivity index (χ1v) is 15.0. The molecule has 0 bridgehead atoms. The molecule has 6 nitrogen and oxygen atoms in total. The molecule has 0 radical (unpaired) electrons. The molecule has 37 heavy (non-hydrogen) atoms. The van der Waals surface area contributed by atoms with Crippen LogP contribution >= 0.6 is 34.4 Å². The topological polar surface area (TPSA) is 84.5 Å². The van der Waals surface area contributed by atoms with Gasteiger partial charge in [0.15, 0.2) is 0 Å². The van der Waals surface area contributed by atoms with E-state index in [4.69, 9.17) is 4.74 Å². The zero-order valence-electron chi connectivity index (χ0n) is 21.5. The fourth-order valence-electron chi connectivity index (χ4n) is 4.41. The summed E-state index contributed by atoms with van der Waals surface area (Å²) in [4.78, 5) is 40.8. The molecular formula is C28H32N2O4S3. The molecule has 1 unspecified atom stereocenters. The number of amides is 2. The van der Waals surface area contributed by atoms with Gasteiger partial charge >= 0.3 is 5.97 Å². The summed E-state index contributed by atoms with van der Waals surface area (Å²) in [6, 6.07) is 11.0. The number of ether oxygens (including phenoxy) is 1. The van der Waals surface area contributed by atoms with Gasteiger partial charge < -0.3 is 15.4 Å². The number of rotatable bonds is 8. The number of thiophene rings is 2. The Morgan fingerprint density at radius 1 is 1.14 bits per heavy atom. The Kier molecular flexibility index (Phi) is 8.77. The zero-order valence-corrected chi connectivity index (χ0v) is 24.0. The molecule has 0 spiro atoms. The largest absolute Gasteiger partial charge is 0.462 e. The number of fused-ring (bicyclic) bond motifs is 1. The average Bonchev–Trinajstić information content (AvgIpc) is 3.50. The Balaban J connectivity index is 1.43. The highest BCUT2D eigenvalue weighted by molar-refractivity contribution is 8.00. The first kappa shape index (κ1) is 27.4. The van der Waals surface area contributed by atoms with Gasteiger partial charge in [-0.25, -0.2) is 4.79 Å². The van der Waals surface area contributed by atoms with Gasteiger partial charge in [0, 0.05) is 15.5 Å². The van der Waals surface area contributed by atoms with Crippen LogP contribution in [0.4, 0.5) is 10.7 Å². The molecule has 9 heteroatoms. The van der Waals surface area contributed by atoms with E-state index in [-0.39, 0.29) is 35.6 Å². The molecule has 0 saturated carbocycles. The number of thioether (sulfide) groups is 1. The summed E-state index contributed by atoms with van der Waals surface area (Å²) >= 11 is 4.27. The standard InChI is InChI=1S/C28H32N2O4S3/c1-5-34-27(33)24-20-12-11-17(28(2,3)4)14-22(20)37-26(24)30-23(31)16-36-19-9-6-8-18(15-19)29-25(32)21-10-7-13-35-21/h6-10,13,15,17H,5,11-12,14,16H2,1-4H3,(H,29,32)(H,30,31). The maximum Gasteiger partial charge on any atom is 0.341 e. The van der Waals surface area contributed by atoms with Crippen molar-refractivity contribution in [2.24, 2.45) is 11.3 Å². The third kappa shape index (κ3) is 6.83. The lowest BCUT2D eigenvalue weighted by Crippen LogP contribution is -2.26. The Hall–Kier alpha value is -2.62. The smallest absolute Gasteiger partial charge is 0.341 e. The van der Waals surface area contributed by atoms with Crippen molar-refractivity contribution in [1.29, 1.82) is 0 Å². The van der Waals surface area contributed by atoms with E-state index in [2.05, 4.69) is 31.4 Å². The molecule has 0 aliphatic heterocycles. The van der Waals surface area contributed by atoms with Crippen LogP contribution in [0.1, 0.15) is 64.6 Å². The van der Waals surface area contributed by atoms with Crippen molar-refractivity contribution in [2.45, 2.75) is 51.9 Å². The monoisotopic (exact) mass is 556 g/mol. The predicted molar refractivity (Wildman–Crippen MR) is 153 cm³/mol. The van der Waals surface area contributed by atoms with Crippen LogP contribution in [0.3, 0.4) is 0 Å². The van der Waals surface area contributed by atoms with Crippen LogP contribution in [0.2, 0.25) is 0 Å². The third-order valence-electron chi connectivity index (χ3n) is 6.43. The Bertz CT molecular complexity index is 1280. The fraction of sp³-hybridized carbons (Fsp3) is 0.393. The minimum atomic E-state index is -0.369. The zero-order chi connectivity index (χ0) is 26.6. The van der Waals surface area contributed by atoms with Gasteiger partial charge in [0.25, 0.3) is 5.91 Å². The summed E-state index contributed by atoms with van der Waals surface area (Å²) in [7, 11) is 0. The van der Waals surface area contributed by atoms with Crippen LogP contribution < -0.4 is 10.6 Å². The van der Waals surface area contributed by atoms with Crippen LogP contribution in [0.15, 0.2) is 46.7 Å². The predicted octanol–water partition coefficient (Wildman–Crippen LogP) is 7.12. The van der Waals surface area contributed by atoms with E-state index in [0.29, 0.717) is 27.0 Å². The minimum Gasteiger partial charge on any atom is -0.462 e. The van der Waals surface area contributed by atoms with E-state index >= 15 is 0 Å². The summed E-state index contributed by atoms with van der Waals surface area (Å²) in [5.74, 6) is -0.00404. The molecule has 2 heterocycles. The second kappa shape index (κ2) is 11.8. The van der Waals surface area contributed by atoms with Crippen LogP contribution in [0, 0.1) is 11.3 Å². The van der Waals surface area contributed by atoms with Gasteiger partial charge in [0.05, 0.1) is 22.8 Å². The van der Waals surface area contributed by atoms with Crippen molar-refractivity contribution in [2.75, 3.05) is 23.0 Å². The van der Waals surface area contributed by atoms with Gasteiger partial charge in [-0.15, -0.1) is 34.4 Å². The molecule has 4 rings (SSSR count). The molecule has 2 N–H and O–H groups in total. The van der Waals surface area contributed by atoms with Gasteiger partial charge in [0.2, 0.25) is 5.91 Å². The van der Waals surface area contributed by atoms with Crippen LogP contribution in [-0.2, 0) is 22.4 Å². The number of anilines is 2. The fourth-order valence-corrected chi connectivity index (χ4v) is 7.11. The van der Waals surface area contributed by atoms with Gasteiger partial charge in [-0.3, -0.25) is 9.59 Å². The van der Waals surface area contributed by atoms with Crippen LogP contribution in [0.25, 0.3) is 0 Å². The highest BCUT2D eigenvalue weighted by Gasteiger charge is 2.34. The summed E-state index contributed by atoms with van der Waals surface area (Å²) in [6.45, 7) is 8.84. The number of carbonyl (C=O) groups excluding carboxylic acids is 3. The molecule has 0 saturated heterocycles. The Labute approximate surface area is 230 Å². The van der Waals surface area contributed by atoms with Crippen molar-refractivity contribution in [3.8, 4) is 0 Å². The SMILES string of the molecule is CCOC(=O)c1c(NC(=O)CSc2cccc(NC(=O)c3cccs3)c2)sc2c1CCC(C(C)(C)C)C2. The second-order valence-electron chi connectivity index (χ2n) is 10.0. The normalized spacial score (nSPS) is 15.1. The number of nitrogens with one attached hydrogen (secondary N) is 2. The molecular weight excluding hydrogens is 525 g/mol. The highest BCUT2D eigenvalue weighted by Crippen LogP contribution is 2.44. The van der Waals surface area contributed by atoms with E-state index in [1.165, 1.54) is 39.3 Å². The van der Waals surface area contributed by atoms with E-state index < -0.39 is 0 Å². The quantitative estimate of drug-likeness (QED) is 0.228. The molecule has 1 aliphatic rings. The van der Waals surface area contributed by atoms with E-state index in [9.17, 15) is 14.4 Å². The summed E-state index contributed by atoms with van der Waals surface area (Å²) < 4.78 is 5.35. The van der Waals surface area contributed by atoms with Crippen LogP contribution in [0.5, 0.6) is 0 Å². The van der Waals surface area contributed by atoms with Crippen molar-refractivity contribution < 1.29 is 19.1 Å². The second-order valence-corrected chi connectivity index (χ2v) is 13.1. The number of benzene rings is 1. The van der Waals surface area contributed by atoms with Gasteiger partial charge in [0.1, 0.15) is 5.00 Å². The molecule has 1 aromatic carbocycles. The lowest BCUT2D eigenvalue weighted by molar-refractivity contribution is -0.113. The summed E-state index contributed by atoms with van der Waals surface area (Å²) in [6.07, 6.45) is 2.74. The van der Waals surface area contributed by atoms with E-state index in [0.717, 1.165) is 29.7 Å². The molecule has 1 atom stereocenters. The summed E-state index contributed by atoms with van der Waals surface area (Å²) in [5.41, 5.74) is 2.41. The molecule has 196 valence electrons. The molecule has 1 aliphatic carbocycles. The molecule has 0 fully saturated rings. The minimum absolute atomic E-state index is 0.156. The Morgan fingerprint density at radius 2 is 1.95 bits per heavy atom. The van der Waals surface area contributed by atoms with Crippen molar-refractivity contribution in [1.82, 2.24) is 0 Å². The maximum atomic E-state index is 12.9. The number of esters is 1. The summed E-state index contributed by atoms with van der Waals surface area (Å²) in [5, 5.41) is 8.32. The highest BCUT2D eigenvalue weighted by atomic mass is 32.2. The first-order chi connectivity index (χ1) is 17.7. The van der Waals surface area contributed by atoms with Crippen LogP contribution in [-0.4, -0.2) is 30.1 Å². The van der Waals surface area contributed by atoms with Crippen molar-refractivity contribution in [3.05, 3.63) is 62.7 Å². The van der Waals surface area contributed by atoms with E-state index in [1.807, 2.05) is 35.7 Å². The third-order valence-corrected chi connectivity index (χ3v) is 9.46. The lowest BCUT2D eigenvalue weighted by atomic mass is 9.72. The van der Waals surface area contributed by atoms with E-state index in [1.54, 1.807) is 13.0 Å². The van der Waals surface area contributed by atoms with Gasteiger partial charge in [-0.1, -0.05) is 32.9 Å². The molecule has 2 aromatic heterocycles. The number of hydrogen-bond acceptors (Lipinski definition) is 7. The Morgan fingerprint density at radius 3 is 2.65 bits per heavy atom. The number of carbonyl (C=O) groups is 3. The molecule has 2 amide bonds. The maximum absolute atomic E-state index is 12.9. The van der Waals surface area contributed by atoms with Gasteiger partial charge in [-0.2, -0.15) is 0 Å².